The lowest BCUT2D eigenvalue weighted by Crippen LogP contribution is -2.35. The number of hydrogen-bond donors (Lipinski definition) is 1. The molecule has 0 aliphatic heterocycles. The van der Waals surface area contributed by atoms with Crippen molar-refractivity contribution in [2.45, 2.75) is 30.9 Å². The number of nitrogens with two attached hydrogens (primary N) is 1. The highest BCUT2D eigenvalue weighted by Crippen LogP contribution is 2.27. The van der Waals surface area contributed by atoms with Crippen LogP contribution in [0.15, 0.2) is 10.6 Å². The molecule has 1 fully saturated rings. The number of aryl methyl sites for hydroxylation is 1. The van der Waals surface area contributed by atoms with Crippen LogP contribution >= 0.6 is 0 Å². The first-order valence-electron chi connectivity index (χ1n) is 6.31. The zero-order valence-corrected chi connectivity index (χ0v) is 11.9. The first-order valence-corrected chi connectivity index (χ1v) is 8.27. The summed E-state index contributed by atoms with van der Waals surface area (Å²) in [5.41, 5.74) is 5.67. The van der Waals surface area contributed by atoms with Crippen molar-refractivity contribution >= 4 is 15.7 Å². The summed E-state index contributed by atoms with van der Waals surface area (Å²) in [6.45, 7) is 0. The Morgan fingerprint density at radius 1 is 1.60 bits per heavy atom. The van der Waals surface area contributed by atoms with E-state index in [2.05, 4.69) is 17.0 Å². The third-order valence-corrected chi connectivity index (χ3v) is 4.53. The molecule has 1 aromatic heterocycles. The largest absolute Gasteiger partial charge is 0.369 e. The number of carbonyl (C=O) groups excluding carboxylic acids is 1. The summed E-state index contributed by atoms with van der Waals surface area (Å²) in [6, 6.07) is 1.66. The quantitative estimate of drug-likeness (QED) is 0.785. The molecule has 0 spiro atoms. The van der Waals surface area contributed by atoms with Gasteiger partial charge in [0.25, 0.3) is 0 Å². The summed E-state index contributed by atoms with van der Waals surface area (Å²) >= 11 is 0. The molecule has 1 atom stereocenters. The zero-order chi connectivity index (χ0) is 14.8. The maximum Gasteiger partial charge on any atom is 0.235 e. The van der Waals surface area contributed by atoms with Crippen LogP contribution in [0.2, 0.25) is 0 Å². The summed E-state index contributed by atoms with van der Waals surface area (Å²) in [5, 5.41) is 2.61. The highest BCUT2D eigenvalue weighted by Gasteiger charge is 2.26. The molecule has 6 nitrogen and oxygen atoms in total. The Bertz CT molecular complexity index is 662. The molecule has 2 N–H and O–H groups in total. The smallest absolute Gasteiger partial charge is 0.235 e. The number of rotatable bonds is 5. The third-order valence-electron chi connectivity index (χ3n) is 3.03. The third kappa shape index (κ3) is 4.10. The van der Waals surface area contributed by atoms with E-state index in [-0.39, 0.29) is 6.42 Å². The van der Waals surface area contributed by atoms with E-state index < -0.39 is 21.0 Å². The van der Waals surface area contributed by atoms with Gasteiger partial charge in [0.15, 0.2) is 9.84 Å². The van der Waals surface area contributed by atoms with Crippen molar-refractivity contribution in [3.05, 3.63) is 17.5 Å². The van der Waals surface area contributed by atoms with Crippen LogP contribution in [-0.4, -0.2) is 31.0 Å². The van der Waals surface area contributed by atoms with Gasteiger partial charge in [0.1, 0.15) is 5.25 Å². The van der Waals surface area contributed by atoms with Gasteiger partial charge < -0.3 is 10.3 Å². The highest BCUT2D eigenvalue weighted by atomic mass is 32.2. The van der Waals surface area contributed by atoms with E-state index in [4.69, 9.17) is 10.3 Å². The van der Waals surface area contributed by atoms with Crippen LogP contribution in [-0.2, 0) is 21.1 Å². The predicted molar refractivity (Wildman–Crippen MR) is 72.3 cm³/mol. The van der Waals surface area contributed by atoms with Crippen LogP contribution in [0.3, 0.4) is 0 Å². The van der Waals surface area contributed by atoms with E-state index in [0.29, 0.717) is 23.8 Å². The average Bonchev–Trinajstić information content (AvgIpc) is 3.05. The van der Waals surface area contributed by atoms with E-state index in [1.807, 2.05) is 0 Å². The molecule has 0 aromatic carbocycles. The Kier molecular flexibility index (Phi) is 4.14. The Balaban J connectivity index is 1.96. The second-order valence-corrected chi connectivity index (χ2v) is 7.21. The zero-order valence-electron chi connectivity index (χ0n) is 11.1. The second kappa shape index (κ2) is 5.67. The molecule has 0 radical (unpaired) electrons. The van der Waals surface area contributed by atoms with E-state index in [0.717, 1.165) is 19.1 Å². The Morgan fingerprint density at radius 3 is 2.85 bits per heavy atom. The number of amides is 1. The number of nitrogens with zero attached hydrogens (tertiary/aromatic N) is 1. The average molecular weight is 296 g/mol. The fourth-order valence-electron chi connectivity index (χ4n) is 1.74. The fourth-order valence-corrected chi connectivity index (χ4v) is 2.70. The standard InChI is InChI=1S/C13H16N2O4S/c1-20(17,18)12(13(14)16)7-5-10-8-11(19-15-10)6-4-9-2-3-9/h8-9,12H,2-3,5,7H2,1H3,(H2,14,16). The van der Waals surface area contributed by atoms with Gasteiger partial charge in [0.05, 0.1) is 5.69 Å². The van der Waals surface area contributed by atoms with Crippen molar-refractivity contribution in [1.29, 1.82) is 0 Å². The molecule has 0 bridgehead atoms. The summed E-state index contributed by atoms with van der Waals surface area (Å²) < 4.78 is 27.9. The minimum atomic E-state index is -3.50. The van der Waals surface area contributed by atoms with E-state index in [1.165, 1.54) is 0 Å². The molecule has 2 rings (SSSR count). The van der Waals surface area contributed by atoms with Gasteiger partial charge in [-0.1, -0.05) is 11.1 Å². The summed E-state index contributed by atoms with van der Waals surface area (Å²) in [5.74, 6) is 6.00. The number of aromatic nitrogens is 1. The van der Waals surface area contributed by atoms with Crippen LogP contribution in [0.25, 0.3) is 0 Å². The molecule has 1 unspecified atom stereocenters. The molecule has 1 heterocycles. The van der Waals surface area contributed by atoms with Gasteiger partial charge in [-0.25, -0.2) is 8.42 Å². The first kappa shape index (κ1) is 14.6. The number of primary amides is 1. The van der Waals surface area contributed by atoms with Gasteiger partial charge in [-0.05, 0) is 31.6 Å². The van der Waals surface area contributed by atoms with Crippen molar-refractivity contribution in [3.8, 4) is 11.8 Å². The van der Waals surface area contributed by atoms with Gasteiger partial charge in [0.2, 0.25) is 11.7 Å². The predicted octanol–water partition coefficient (Wildman–Crippen LogP) is 0.267. The minimum absolute atomic E-state index is 0.0934. The Morgan fingerprint density at radius 2 is 2.30 bits per heavy atom. The van der Waals surface area contributed by atoms with E-state index >= 15 is 0 Å². The summed E-state index contributed by atoms with van der Waals surface area (Å²) in [7, 11) is -3.50. The van der Waals surface area contributed by atoms with Crippen molar-refractivity contribution in [1.82, 2.24) is 5.16 Å². The van der Waals surface area contributed by atoms with Crippen LogP contribution in [0, 0.1) is 17.8 Å². The lowest BCUT2D eigenvalue weighted by Gasteiger charge is -2.09. The van der Waals surface area contributed by atoms with Crippen LogP contribution in [0.1, 0.15) is 30.7 Å². The summed E-state index contributed by atoms with van der Waals surface area (Å²) in [6.07, 6.45) is 3.65. The molecular formula is C13H16N2O4S. The van der Waals surface area contributed by atoms with Crippen molar-refractivity contribution < 1.29 is 17.7 Å². The van der Waals surface area contributed by atoms with Gasteiger partial charge >= 0.3 is 0 Å². The van der Waals surface area contributed by atoms with Crippen molar-refractivity contribution in [3.63, 3.8) is 0 Å². The molecule has 20 heavy (non-hydrogen) atoms. The number of hydrogen-bond acceptors (Lipinski definition) is 5. The van der Waals surface area contributed by atoms with Crippen LogP contribution < -0.4 is 5.73 Å². The normalized spacial score (nSPS) is 16.2. The fraction of sp³-hybridized carbons (Fsp3) is 0.538. The monoisotopic (exact) mass is 296 g/mol. The Labute approximate surface area is 117 Å². The Hall–Kier alpha value is -1.81. The van der Waals surface area contributed by atoms with Crippen molar-refractivity contribution in [2.24, 2.45) is 11.7 Å². The molecule has 1 saturated carbocycles. The minimum Gasteiger partial charge on any atom is -0.369 e. The molecule has 108 valence electrons. The van der Waals surface area contributed by atoms with Gasteiger partial charge in [0, 0.05) is 18.2 Å². The maximum absolute atomic E-state index is 11.4. The molecule has 1 aromatic rings. The maximum atomic E-state index is 11.4. The molecule has 0 saturated heterocycles. The van der Waals surface area contributed by atoms with Crippen LogP contribution in [0.4, 0.5) is 0 Å². The highest BCUT2D eigenvalue weighted by molar-refractivity contribution is 7.92. The second-order valence-electron chi connectivity index (χ2n) is 4.99. The number of sulfone groups is 1. The van der Waals surface area contributed by atoms with Gasteiger partial charge in [-0.2, -0.15) is 0 Å². The molecule has 1 aliphatic rings. The SMILES string of the molecule is CS(=O)(=O)C(CCc1cc(C#CC2CC2)on1)C(N)=O. The van der Waals surface area contributed by atoms with Crippen LogP contribution in [0.5, 0.6) is 0 Å². The molecule has 1 aliphatic carbocycles. The molecular weight excluding hydrogens is 280 g/mol. The van der Waals surface area contributed by atoms with E-state index in [9.17, 15) is 13.2 Å². The first-order chi connectivity index (χ1) is 9.36. The van der Waals surface area contributed by atoms with E-state index in [1.54, 1.807) is 6.07 Å². The van der Waals surface area contributed by atoms with Gasteiger partial charge in [-0.15, -0.1) is 0 Å². The van der Waals surface area contributed by atoms with Gasteiger partial charge in [-0.3, -0.25) is 4.79 Å². The van der Waals surface area contributed by atoms with Crippen molar-refractivity contribution in [2.75, 3.05) is 6.26 Å². The molecule has 7 heteroatoms. The molecule has 1 amide bonds. The lowest BCUT2D eigenvalue weighted by atomic mass is 10.2. The lowest BCUT2D eigenvalue weighted by molar-refractivity contribution is -0.117. The number of carbonyl (C=O) groups is 1. The summed E-state index contributed by atoms with van der Waals surface area (Å²) in [4.78, 5) is 11.1. The topological polar surface area (TPSA) is 103 Å².